The zero-order valence-corrected chi connectivity index (χ0v) is 7.20. The number of carbonyl (C=O) groups is 3. The Kier molecular flexibility index (Phi) is 2.38. The van der Waals surface area contributed by atoms with Gasteiger partial charge in [-0.15, -0.1) is 0 Å². The summed E-state index contributed by atoms with van der Waals surface area (Å²) < 4.78 is 0. The fraction of sp³-hybridized carbons (Fsp3) is 0.500. The quantitative estimate of drug-likeness (QED) is 0.286. The molecule has 0 aromatic carbocycles. The van der Waals surface area contributed by atoms with Crippen LogP contribution < -0.4 is 0 Å². The summed E-state index contributed by atoms with van der Waals surface area (Å²) in [5.74, 6) is -0.576. The van der Waals surface area contributed by atoms with Crippen LogP contribution in [0.2, 0.25) is 0 Å². The van der Waals surface area contributed by atoms with Crippen LogP contribution in [0.5, 0.6) is 0 Å². The van der Waals surface area contributed by atoms with Crippen molar-refractivity contribution in [3.63, 3.8) is 0 Å². The van der Waals surface area contributed by atoms with E-state index in [0.29, 0.717) is 6.29 Å². The molecule has 0 spiro atoms. The average molecular weight is 220 g/mol. The van der Waals surface area contributed by atoms with E-state index >= 15 is 0 Å². The standard InChI is InChI=1S/C6H6BrNO3/c7-4(3-9)8-5(10)1-2-6(8)11/h3-4H,1-2H2. The van der Waals surface area contributed by atoms with E-state index < -0.39 is 4.95 Å². The van der Waals surface area contributed by atoms with Crippen molar-refractivity contribution >= 4 is 34.0 Å². The average Bonchev–Trinajstić information content (AvgIpc) is 2.30. The molecule has 1 heterocycles. The summed E-state index contributed by atoms with van der Waals surface area (Å²) in [6, 6.07) is 0. The van der Waals surface area contributed by atoms with Gasteiger partial charge >= 0.3 is 0 Å². The Morgan fingerprint density at radius 1 is 1.36 bits per heavy atom. The van der Waals surface area contributed by atoms with E-state index in [2.05, 4.69) is 15.9 Å². The molecular formula is C6H6BrNO3. The molecule has 1 aliphatic heterocycles. The van der Waals surface area contributed by atoms with Crippen molar-refractivity contribution < 1.29 is 14.4 Å². The minimum atomic E-state index is -0.787. The van der Waals surface area contributed by atoms with Crippen molar-refractivity contribution in [2.75, 3.05) is 0 Å². The van der Waals surface area contributed by atoms with Gasteiger partial charge in [-0.1, -0.05) is 15.9 Å². The zero-order valence-electron chi connectivity index (χ0n) is 5.62. The molecule has 5 heteroatoms. The lowest BCUT2D eigenvalue weighted by Crippen LogP contribution is -2.36. The zero-order chi connectivity index (χ0) is 8.43. The number of carbonyl (C=O) groups excluding carboxylic acids is 3. The van der Waals surface area contributed by atoms with Crippen molar-refractivity contribution in [3.8, 4) is 0 Å². The number of likely N-dealkylation sites (tertiary alicyclic amines) is 1. The Hall–Kier alpha value is -0.710. The molecule has 0 aromatic rings. The molecule has 1 rings (SSSR count). The Labute approximate surface area is 71.7 Å². The van der Waals surface area contributed by atoms with Gasteiger partial charge < -0.3 is 4.79 Å². The fourth-order valence-corrected chi connectivity index (χ4v) is 1.39. The maximum absolute atomic E-state index is 10.9. The smallest absolute Gasteiger partial charge is 0.231 e. The second-order valence-corrected chi connectivity index (χ2v) is 3.10. The van der Waals surface area contributed by atoms with Crippen molar-refractivity contribution in [2.24, 2.45) is 0 Å². The first-order chi connectivity index (χ1) is 5.16. The van der Waals surface area contributed by atoms with Crippen LogP contribution in [0, 0.1) is 0 Å². The molecule has 0 aliphatic carbocycles. The largest absolute Gasteiger partial charge is 0.300 e. The molecule has 1 unspecified atom stereocenters. The van der Waals surface area contributed by atoms with E-state index in [0.717, 1.165) is 4.90 Å². The molecule has 4 nitrogen and oxygen atoms in total. The Morgan fingerprint density at radius 2 is 1.82 bits per heavy atom. The van der Waals surface area contributed by atoms with E-state index in [-0.39, 0.29) is 24.7 Å². The number of aldehydes is 1. The predicted octanol–water partition coefficient (Wildman–Crippen LogP) is 0.0553. The van der Waals surface area contributed by atoms with E-state index in [1.807, 2.05) is 0 Å². The van der Waals surface area contributed by atoms with Crippen molar-refractivity contribution in [2.45, 2.75) is 17.8 Å². The Bertz CT molecular complexity index is 200. The van der Waals surface area contributed by atoms with Crippen LogP contribution in [-0.4, -0.2) is 28.0 Å². The van der Waals surface area contributed by atoms with Gasteiger partial charge in [0.05, 0.1) is 0 Å². The Balaban J connectivity index is 2.75. The molecule has 1 aliphatic rings. The molecular weight excluding hydrogens is 214 g/mol. The first-order valence-electron chi connectivity index (χ1n) is 3.11. The number of hydrogen-bond donors (Lipinski definition) is 0. The SMILES string of the molecule is O=CC(Br)N1C(=O)CCC1=O. The summed E-state index contributed by atoms with van der Waals surface area (Å²) in [5, 5.41) is 0. The molecule has 1 saturated heterocycles. The van der Waals surface area contributed by atoms with Crippen LogP contribution in [0.4, 0.5) is 0 Å². The van der Waals surface area contributed by atoms with E-state index in [1.54, 1.807) is 0 Å². The topological polar surface area (TPSA) is 54.5 Å². The van der Waals surface area contributed by atoms with Gasteiger partial charge in [0.25, 0.3) is 0 Å². The highest BCUT2D eigenvalue weighted by atomic mass is 79.9. The summed E-state index contributed by atoms with van der Waals surface area (Å²) in [6.07, 6.45) is 0.949. The lowest BCUT2D eigenvalue weighted by molar-refractivity contribution is -0.140. The molecule has 0 radical (unpaired) electrons. The Morgan fingerprint density at radius 3 is 2.18 bits per heavy atom. The normalized spacial score (nSPS) is 20.6. The summed E-state index contributed by atoms with van der Waals surface area (Å²) in [5.41, 5.74) is 0. The van der Waals surface area contributed by atoms with Crippen LogP contribution in [0.15, 0.2) is 0 Å². The summed E-state index contributed by atoms with van der Waals surface area (Å²) in [7, 11) is 0. The monoisotopic (exact) mass is 219 g/mol. The summed E-state index contributed by atoms with van der Waals surface area (Å²) in [6.45, 7) is 0. The van der Waals surface area contributed by atoms with Gasteiger partial charge in [-0.2, -0.15) is 0 Å². The number of nitrogens with zero attached hydrogens (tertiary/aromatic N) is 1. The van der Waals surface area contributed by atoms with Gasteiger partial charge in [-0.05, 0) is 0 Å². The molecule has 0 saturated carbocycles. The number of rotatable bonds is 2. The molecule has 1 fully saturated rings. The maximum Gasteiger partial charge on any atom is 0.231 e. The third kappa shape index (κ3) is 1.48. The third-order valence-electron chi connectivity index (χ3n) is 1.45. The van der Waals surface area contributed by atoms with Gasteiger partial charge in [0.1, 0.15) is 0 Å². The number of amides is 2. The van der Waals surface area contributed by atoms with Gasteiger partial charge in [0.15, 0.2) is 11.2 Å². The molecule has 2 amide bonds. The highest BCUT2D eigenvalue weighted by molar-refractivity contribution is 9.09. The van der Waals surface area contributed by atoms with E-state index in [4.69, 9.17) is 0 Å². The number of hydrogen-bond acceptors (Lipinski definition) is 3. The molecule has 1 atom stereocenters. The lowest BCUT2D eigenvalue weighted by Gasteiger charge is -2.14. The summed E-state index contributed by atoms with van der Waals surface area (Å²) >= 11 is 2.90. The van der Waals surface area contributed by atoms with Gasteiger partial charge in [-0.3, -0.25) is 14.5 Å². The highest BCUT2D eigenvalue weighted by Crippen LogP contribution is 2.17. The van der Waals surface area contributed by atoms with Gasteiger partial charge in [0, 0.05) is 12.8 Å². The minimum Gasteiger partial charge on any atom is -0.300 e. The molecule has 0 bridgehead atoms. The third-order valence-corrected chi connectivity index (χ3v) is 2.07. The van der Waals surface area contributed by atoms with Crippen LogP contribution in [-0.2, 0) is 14.4 Å². The van der Waals surface area contributed by atoms with Crippen LogP contribution in [0.25, 0.3) is 0 Å². The first-order valence-corrected chi connectivity index (χ1v) is 4.02. The lowest BCUT2D eigenvalue weighted by atomic mass is 10.4. The molecule has 0 N–H and O–H groups in total. The molecule has 0 aromatic heterocycles. The fourth-order valence-electron chi connectivity index (χ4n) is 0.930. The minimum absolute atomic E-state index is 0.217. The number of imide groups is 1. The van der Waals surface area contributed by atoms with E-state index in [9.17, 15) is 14.4 Å². The molecule has 11 heavy (non-hydrogen) atoms. The van der Waals surface area contributed by atoms with Crippen molar-refractivity contribution in [1.29, 1.82) is 0 Å². The van der Waals surface area contributed by atoms with Crippen molar-refractivity contribution in [1.82, 2.24) is 4.90 Å². The molecule has 60 valence electrons. The second kappa shape index (κ2) is 3.13. The van der Waals surface area contributed by atoms with Crippen LogP contribution in [0.1, 0.15) is 12.8 Å². The predicted molar refractivity (Wildman–Crippen MR) is 39.9 cm³/mol. The van der Waals surface area contributed by atoms with Gasteiger partial charge in [-0.25, -0.2) is 0 Å². The number of alkyl halides is 1. The number of halogens is 1. The van der Waals surface area contributed by atoms with Crippen LogP contribution >= 0.6 is 15.9 Å². The second-order valence-electron chi connectivity index (χ2n) is 2.17. The maximum atomic E-state index is 10.9. The highest BCUT2D eigenvalue weighted by Gasteiger charge is 2.33. The van der Waals surface area contributed by atoms with Crippen LogP contribution in [0.3, 0.4) is 0 Å². The van der Waals surface area contributed by atoms with E-state index in [1.165, 1.54) is 0 Å². The first kappa shape index (κ1) is 8.39. The summed E-state index contributed by atoms with van der Waals surface area (Å²) in [4.78, 5) is 32.1. The van der Waals surface area contributed by atoms with Crippen molar-refractivity contribution in [3.05, 3.63) is 0 Å². The van der Waals surface area contributed by atoms with Gasteiger partial charge in [0.2, 0.25) is 11.8 Å².